The minimum absolute atomic E-state index is 0.497. The number of hydrogen-bond acceptors (Lipinski definition) is 6. The van der Waals surface area contributed by atoms with Crippen molar-refractivity contribution in [2.45, 2.75) is 6.29 Å². The predicted molar refractivity (Wildman–Crippen MR) is 240 cm³/mol. The molecule has 280 valence electrons. The molecular formula is C51H36N8. The van der Waals surface area contributed by atoms with Crippen molar-refractivity contribution in [3.63, 3.8) is 0 Å². The van der Waals surface area contributed by atoms with Crippen LogP contribution in [0.4, 0.5) is 5.82 Å². The number of anilines is 1. The maximum absolute atomic E-state index is 7.16. The lowest BCUT2D eigenvalue weighted by Crippen LogP contribution is -2.27. The van der Waals surface area contributed by atoms with E-state index in [0.29, 0.717) is 28.9 Å². The molecule has 8 nitrogen and oxygen atoms in total. The zero-order valence-corrected chi connectivity index (χ0v) is 31.8. The van der Waals surface area contributed by atoms with E-state index in [1.54, 1.807) is 6.20 Å². The maximum Gasteiger partial charge on any atom is 0.167 e. The Morgan fingerprint density at radius 1 is 0.424 bits per heavy atom. The second-order valence-corrected chi connectivity index (χ2v) is 14.6. The SMILES string of the molecule is NC(Nc1ncccc1-c1nc(-c2ccccc2)nc(-c2ccccc2)n1)n1c2ccccc2c2cc(-c3ccc4c(c3)c3ccccc3n4-c3ccccc3)ccc21. The number of nitrogens with zero attached hydrogens (tertiary/aromatic N) is 6. The quantitative estimate of drug-likeness (QED) is 0.150. The molecule has 0 saturated heterocycles. The zero-order chi connectivity index (χ0) is 39.3. The van der Waals surface area contributed by atoms with Gasteiger partial charge in [-0.3, -0.25) is 5.73 Å². The largest absolute Gasteiger partial charge is 0.337 e. The van der Waals surface area contributed by atoms with Crippen molar-refractivity contribution in [1.29, 1.82) is 0 Å². The number of nitrogens with two attached hydrogens (primary N) is 1. The first-order chi connectivity index (χ1) is 29.2. The Kier molecular flexibility index (Phi) is 8.27. The van der Waals surface area contributed by atoms with Gasteiger partial charge in [-0.15, -0.1) is 0 Å². The molecule has 0 saturated carbocycles. The van der Waals surface area contributed by atoms with Gasteiger partial charge in [-0.1, -0.05) is 127 Å². The summed E-state index contributed by atoms with van der Waals surface area (Å²) in [6, 6.07) is 64.8. The zero-order valence-electron chi connectivity index (χ0n) is 31.8. The summed E-state index contributed by atoms with van der Waals surface area (Å²) in [7, 11) is 0. The monoisotopic (exact) mass is 760 g/mol. The summed E-state index contributed by atoms with van der Waals surface area (Å²) < 4.78 is 4.49. The third-order valence-electron chi connectivity index (χ3n) is 11.0. The van der Waals surface area contributed by atoms with Crippen molar-refractivity contribution < 1.29 is 0 Å². The van der Waals surface area contributed by atoms with Crippen LogP contribution < -0.4 is 11.1 Å². The topological polar surface area (TPSA) is 99.5 Å². The summed E-state index contributed by atoms with van der Waals surface area (Å²) in [5, 5.41) is 8.20. The molecule has 11 rings (SSSR count). The molecule has 0 aliphatic carbocycles. The van der Waals surface area contributed by atoms with Gasteiger partial charge in [-0.25, -0.2) is 19.9 Å². The molecule has 8 heteroatoms. The summed E-state index contributed by atoms with van der Waals surface area (Å²) in [5.74, 6) is 2.21. The van der Waals surface area contributed by atoms with E-state index in [4.69, 9.17) is 25.7 Å². The highest BCUT2D eigenvalue weighted by Gasteiger charge is 2.21. The Labute approximate surface area is 339 Å². The van der Waals surface area contributed by atoms with Crippen molar-refractivity contribution in [2.75, 3.05) is 5.32 Å². The molecule has 7 aromatic carbocycles. The van der Waals surface area contributed by atoms with Crippen molar-refractivity contribution in [1.82, 2.24) is 29.1 Å². The fraction of sp³-hybridized carbons (Fsp3) is 0.0196. The van der Waals surface area contributed by atoms with E-state index in [2.05, 4.69) is 130 Å². The van der Waals surface area contributed by atoms with Crippen LogP contribution in [0, 0.1) is 0 Å². The minimum Gasteiger partial charge on any atom is -0.337 e. The summed E-state index contributed by atoms with van der Waals surface area (Å²) in [4.78, 5) is 19.6. The average Bonchev–Trinajstić information content (AvgIpc) is 3.82. The molecule has 0 aliphatic rings. The van der Waals surface area contributed by atoms with Gasteiger partial charge in [0.05, 0.1) is 27.6 Å². The van der Waals surface area contributed by atoms with E-state index in [-0.39, 0.29) is 0 Å². The number of nitrogens with one attached hydrogen (secondary N) is 1. The van der Waals surface area contributed by atoms with Crippen molar-refractivity contribution in [3.05, 3.63) is 194 Å². The van der Waals surface area contributed by atoms with Crippen molar-refractivity contribution >= 4 is 49.4 Å². The molecule has 1 atom stereocenters. The highest BCUT2D eigenvalue weighted by atomic mass is 15.3. The van der Waals surface area contributed by atoms with Crippen LogP contribution in [0.3, 0.4) is 0 Å². The fourth-order valence-electron chi connectivity index (χ4n) is 8.32. The first-order valence-electron chi connectivity index (χ1n) is 19.6. The van der Waals surface area contributed by atoms with Crippen LogP contribution in [-0.4, -0.2) is 29.1 Å². The maximum atomic E-state index is 7.16. The van der Waals surface area contributed by atoms with Crippen molar-refractivity contribution in [2.24, 2.45) is 5.73 Å². The Morgan fingerprint density at radius 3 is 1.58 bits per heavy atom. The molecule has 4 heterocycles. The smallest absolute Gasteiger partial charge is 0.167 e. The Bertz CT molecular complexity index is 3260. The summed E-state index contributed by atoms with van der Waals surface area (Å²) >= 11 is 0. The van der Waals surface area contributed by atoms with E-state index in [0.717, 1.165) is 49.7 Å². The molecule has 0 aliphatic heterocycles. The molecule has 0 amide bonds. The van der Waals surface area contributed by atoms with Gasteiger partial charge in [0, 0.05) is 44.6 Å². The van der Waals surface area contributed by atoms with Gasteiger partial charge in [-0.2, -0.15) is 0 Å². The lowest BCUT2D eigenvalue weighted by Gasteiger charge is -2.20. The lowest BCUT2D eigenvalue weighted by molar-refractivity contribution is 0.623. The van der Waals surface area contributed by atoms with Crippen LogP contribution in [0.1, 0.15) is 6.29 Å². The second kappa shape index (κ2) is 14.2. The van der Waals surface area contributed by atoms with E-state index >= 15 is 0 Å². The highest BCUT2D eigenvalue weighted by Crippen LogP contribution is 2.38. The Morgan fingerprint density at radius 2 is 0.915 bits per heavy atom. The second-order valence-electron chi connectivity index (χ2n) is 14.6. The van der Waals surface area contributed by atoms with Crippen molar-refractivity contribution in [3.8, 4) is 51.0 Å². The van der Waals surface area contributed by atoms with Gasteiger partial charge in [0.25, 0.3) is 0 Å². The Balaban J connectivity index is 0.992. The molecular weight excluding hydrogens is 725 g/mol. The van der Waals surface area contributed by atoms with E-state index in [1.807, 2.05) is 72.8 Å². The lowest BCUT2D eigenvalue weighted by atomic mass is 10.0. The standard InChI is InChI=1S/C51H36N8/c52-51(57-49-40(23-14-30-53-49)50-55-47(33-15-4-1-5-16-33)54-48(56-50)34-17-6-2-7-18-34)59-44-25-13-11-22-39(44)42-32-36(27-29-46(42)59)35-26-28-45-41(31-35)38-21-10-12-24-43(38)58(45)37-19-8-3-9-20-37/h1-32,51H,52H2,(H,53,57). The first kappa shape index (κ1) is 34.3. The van der Waals surface area contributed by atoms with Crippen LogP contribution in [0.2, 0.25) is 0 Å². The van der Waals surface area contributed by atoms with Gasteiger partial charge in [0.1, 0.15) is 5.82 Å². The molecule has 11 aromatic rings. The summed E-state index contributed by atoms with van der Waals surface area (Å²) in [6.45, 7) is 0. The number of hydrogen-bond donors (Lipinski definition) is 2. The number of para-hydroxylation sites is 3. The van der Waals surface area contributed by atoms with Crippen LogP contribution in [0.25, 0.3) is 94.6 Å². The fourth-order valence-corrected chi connectivity index (χ4v) is 8.32. The number of aromatic nitrogens is 6. The normalized spacial score (nSPS) is 12.1. The molecule has 1 unspecified atom stereocenters. The molecule has 0 fully saturated rings. The average molecular weight is 761 g/mol. The molecule has 3 N–H and O–H groups in total. The molecule has 0 spiro atoms. The van der Waals surface area contributed by atoms with Crippen LogP contribution in [-0.2, 0) is 0 Å². The first-order valence-corrected chi connectivity index (χ1v) is 19.6. The Hall–Kier alpha value is -7.94. The number of benzene rings is 7. The summed E-state index contributed by atoms with van der Waals surface area (Å²) in [6.07, 6.45) is 1.07. The third-order valence-corrected chi connectivity index (χ3v) is 11.0. The van der Waals surface area contributed by atoms with Gasteiger partial charge in [0.2, 0.25) is 0 Å². The summed E-state index contributed by atoms with van der Waals surface area (Å²) in [5.41, 5.74) is 17.5. The van der Waals surface area contributed by atoms with Gasteiger partial charge < -0.3 is 14.5 Å². The van der Waals surface area contributed by atoms with Gasteiger partial charge in [0.15, 0.2) is 23.8 Å². The number of pyridine rings is 1. The molecule has 4 aromatic heterocycles. The highest BCUT2D eigenvalue weighted by molar-refractivity contribution is 6.12. The third kappa shape index (κ3) is 5.98. The van der Waals surface area contributed by atoms with Crippen LogP contribution in [0.5, 0.6) is 0 Å². The van der Waals surface area contributed by atoms with Crippen LogP contribution >= 0.6 is 0 Å². The van der Waals surface area contributed by atoms with Crippen LogP contribution in [0.15, 0.2) is 194 Å². The molecule has 0 radical (unpaired) electrons. The number of rotatable bonds is 8. The predicted octanol–water partition coefficient (Wildman–Crippen LogP) is 11.7. The van der Waals surface area contributed by atoms with E-state index in [9.17, 15) is 0 Å². The van der Waals surface area contributed by atoms with E-state index < -0.39 is 6.29 Å². The molecule has 59 heavy (non-hydrogen) atoms. The number of fused-ring (bicyclic) bond motifs is 6. The van der Waals surface area contributed by atoms with Gasteiger partial charge >= 0.3 is 0 Å². The van der Waals surface area contributed by atoms with E-state index in [1.165, 1.54) is 21.8 Å². The molecule has 0 bridgehead atoms. The minimum atomic E-state index is -0.679. The van der Waals surface area contributed by atoms with Gasteiger partial charge in [-0.05, 0) is 71.8 Å².